The summed E-state index contributed by atoms with van der Waals surface area (Å²) < 4.78 is 11.8. The normalized spacial score (nSPS) is 15.8. The minimum absolute atomic E-state index is 0.0583. The molecule has 198 valence electrons. The zero-order valence-electron chi connectivity index (χ0n) is 20.7. The van der Waals surface area contributed by atoms with Gasteiger partial charge in [-0.15, -0.1) is 11.8 Å². The fourth-order valence-electron chi connectivity index (χ4n) is 3.75. The van der Waals surface area contributed by atoms with Crippen LogP contribution in [0.2, 0.25) is 10.0 Å². The molecular formula is C28H22Cl2N4O3S2. The molecule has 1 amide bonds. The Bertz CT molecular complexity index is 1520. The van der Waals surface area contributed by atoms with E-state index >= 15 is 0 Å². The summed E-state index contributed by atoms with van der Waals surface area (Å²) in [7, 11) is 0. The molecule has 0 unspecified atom stereocenters. The van der Waals surface area contributed by atoms with Crippen molar-refractivity contribution in [2.24, 2.45) is 10.1 Å². The number of carbonyl (C=O) groups excluding carboxylic acids is 1. The Morgan fingerprint density at radius 2 is 1.85 bits per heavy atom. The first-order valence-corrected chi connectivity index (χ1v) is 14.5. The highest BCUT2D eigenvalue weighted by Crippen LogP contribution is 2.34. The van der Waals surface area contributed by atoms with Gasteiger partial charge in [0, 0.05) is 21.2 Å². The Hall–Kier alpha value is -3.24. The van der Waals surface area contributed by atoms with Crippen LogP contribution in [0.5, 0.6) is 11.5 Å². The van der Waals surface area contributed by atoms with Crippen LogP contribution < -0.4 is 9.47 Å². The average Bonchev–Trinajstić information content (AvgIpc) is 3.35. The fourth-order valence-corrected chi connectivity index (χ4v) is 5.81. The molecular weight excluding hydrogens is 575 g/mol. The third-order valence-corrected chi connectivity index (χ3v) is 8.06. The molecule has 7 nitrogen and oxygen atoms in total. The Labute approximate surface area is 244 Å². The van der Waals surface area contributed by atoms with Gasteiger partial charge in [-0.05, 0) is 72.8 Å². The number of hydrogen-bond acceptors (Lipinski definition) is 7. The zero-order chi connectivity index (χ0) is 27.4. The number of aliphatic imine (C=N–C) groups is 1. The molecule has 0 bridgehead atoms. The summed E-state index contributed by atoms with van der Waals surface area (Å²) in [4.78, 5) is 18.1. The van der Waals surface area contributed by atoms with Gasteiger partial charge in [-0.2, -0.15) is 15.1 Å². The second kappa shape index (κ2) is 12.3. The first-order valence-electron chi connectivity index (χ1n) is 12.0. The van der Waals surface area contributed by atoms with E-state index in [4.69, 9.17) is 38.1 Å². The van der Waals surface area contributed by atoms with Crippen LogP contribution in [0, 0.1) is 5.41 Å². The molecule has 0 spiro atoms. The quantitative estimate of drug-likeness (QED) is 0.159. The van der Waals surface area contributed by atoms with Crippen molar-refractivity contribution in [2.45, 2.75) is 11.8 Å². The maximum atomic E-state index is 12.9. The highest BCUT2D eigenvalue weighted by Gasteiger charge is 2.36. The predicted octanol–water partition coefficient (Wildman–Crippen LogP) is 7.23. The third kappa shape index (κ3) is 6.33. The van der Waals surface area contributed by atoms with Crippen LogP contribution in [0.4, 0.5) is 0 Å². The molecule has 0 aromatic heterocycles. The second-order valence-corrected chi connectivity index (χ2v) is 11.2. The minimum atomic E-state index is -0.508. The minimum Gasteiger partial charge on any atom is -0.490 e. The lowest BCUT2D eigenvalue weighted by Gasteiger charge is -2.20. The van der Waals surface area contributed by atoms with Gasteiger partial charge in [0.1, 0.15) is 5.04 Å². The average molecular weight is 598 g/mol. The smallest absolute Gasteiger partial charge is 0.283 e. The number of thioether (sulfide) groups is 2. The molecule has 0 saturated heterocycles. The van der Waals surface area contributed by atoms with E-state index in [9.17, 15) is 4.79 Å². The summed E-state index contributed by atoms with van der Waals surface area (Å²) in [6.45, 7) is 2.82. The number of amidine groups is 2. The molecule has 3 aromatic carbocycles. The first-order chi connectivity index (χ1) is 18.9. The van der Waals surface area contributed by atoms with Crippen LogP contribution in [-0.4, -0.2) is 45.9 Å². The van der Waals surface area contributed by atoms with E-state index in [2.05, 4.69) is 10.1 Å². The van der Waals surface area contributed by atoms with E-state index in [1.165, 1.54) is 16.8 Å². The Morgan fingerprint density at radius 1 is 1.05 bits per heavy atom. The number of ether oxygens (including phenoxy) is 2. The lowest BCUT2D eigenvalue weighted by Crippen LogP contribution is -2.35. The molecule has 3 aromatic rings. The van der Waals surface area contributed by atoms with Gasteiger partial charge in [-0.1, -0.05) is 47.5 Å². The monoisotopic (exact) mass is 596 g/mol. The van der Waals surface area contributed by atoms with Gasteiger partial charge in [-0.25, -0.2) is 0 Å². The van der Waals surface area contributed by atoms with Crippen molar-refractivity contribution < 1.29 is 14.3 Å². The maximum Gasteiger partial charge on any atom is 0.283 e. The van der Waals surface area contributed by atoms with E-state index in [1.807, 2.05) is 55.5 Å². The highest BCUT2D eigenvalue weighted by molar-refractivity contribution is 8.27. The van der Waals surface area contributed by atoms with E-state index in [0.29, 0.717) is 50.5 Å². The number of nitrogens with zero attached hydrogens (tertiary/aromatic N) is 3. The number of fused-ring (bicyclic) bond motifs is 1. The van der Waals surface area contributed by atoms with Crippen molar-refractivity contribution in [3.05, 3.63) is 93.5 Å². The largest absolute Gasteiger partial charge is 0.490 e. The fraction of sp³-hybridized carbons (Fsp3) is 0.143. The zero-order valence-corrected chi connectivity index (χ0v) is 23.8. The Balaban J connectivity index is 1.31. The summed E-state index contributed by atoms with van der Waals surface area (Å²) in [5.41, 5.74) is 1.52. The molecule has 0 atom stereocenters. The lowest BCUT2D eigenvalue weighted by molar-refractivity contribution is -0.114. The number of hydrogen-bond donors (Lipinski definition) is 1. The van der Waals surface area contributed by atoms with Gasteiger partial charge in [0.25, 0.3) is 5.91 Å². The topological polar surface area (TPSA) is 87.3 Å². The molecule has 11 heteroatoms. The van der Waals surface area contributed by atoms with Crippen molar-refractivity contribution in [1.29, 1.82) is 5.41 Å². The molecule has 0 saturated carbocycles. The molecule has 0 radical (unpaired) electrons. The van der Waals surface area contributed by atoms with Crippen LogP contribution in [0.1, 0.15) is 18.1 Å². The molecule has 39 heavy (non-hydrogen) atoms. The molecule has 2 aliphatic rings. The highest BCUT2D eigenvalue weighted by atomic mass is 35.5. The van der Waals surface area contributed by atoms with Gasteiger partial charge in [0.05, 0.1) is 23.8 Å². The summed E-state index contributed by atoms with van der Waals surface area (Å²) in [6, 6.07) is 20.4. The van der Waals surface area contributed by atoms with Crippen molar-refractivity contribution in [2.75, 3.05) is 19.0 Å². The predicted molar refractivity (Wildman–Crippen MR) is 161 cm³/mol. The summed E-state index contributed by atoms with van der Waals surface area (Å²) >= 11 is 15.1. The summed E-state index contributed by atoms with van der Waals surface area (Å²) in [5.74, 6) is 1.34. The molecule has 0 fully saturated rings. The van der Waals surface area contributed by atoms with Gasteiger partial charge in [0.15, 0.2) is 17.3 Å². The molecule has 0 aliphatic carbocycles. The van der Waals surface area contributed by atoms with Crippen LogP contribution in [0.3, 0.4) is 0 Å². The van der Waals surface area contributed by atoms with E-state index in [1.54, 1.807) is 36.0 Å². The Morgan fingerprint density at radius 3 is 2.62 bits per heavy atom. The number of rotatable bonds is 9. The van der Waals surface area contributed by atoms with Crippen LogP contribution in [0.25, 0.3) is 6.08 Å². The molecule has 1 N–H and O–H groups in total. The number of halogens is 2. The van der Waals surface area contributed by atoms with E-state index < -0.39 is 5.91 Å². The first kappa shape index (κ1) is 27.3. The van der Waals surface area contributed by atoms with Gasteiger partial charge >= 0.3 is 0 Å². The number of benzene rings is 3. The van der Waals surface area contributed by atoms with Crippen LogP contribution in [-0.2, 0) is 4.79 Å². The third-order valence-electron chi connectivity index (χ3n) is 5.56. The number of nitrogens with one attached hydrogen (secondary N) is 1. The van der Waals surface area contributed by atoms with Crippen LogP contribution >= 0.6 is 46.7 Å². The molecule has 2 aliphatic heterocycles. The van der Waals surface area contributed by atoms with Crippen LogP contribution in [0.15, 0.2) is 87.3 Å². The molecule has 2 heterocycles. The molecule has 5 rings (SSSR count). The standard InChI is InChI=1S/C28H22Cl2N4O3S2/c1-2-36-24-16-17(7-12-23(24)37-13-14-38-19-10-8-18(29)9-11-19)15-21-25(31)34-28(32-26(21)35)39-27(33-34)20-5-3-4-6-22(20)30/h3-12,15-16,31H,2,13-14H2,1H3/b21-15+,31-25?. The summed E-state index contributed by atoms with van der Waals surface area (Å²) in [5, 5.41) is 16.7. The lowest BCUT2D eigenvalue weighted by atomic mass is 10.1. The summed E-state index contributed by atoms with van der Waals surface area (Å²) in [6.07, 6.45) is 1.61. The second-order valence-electron chi connectivity index (χ2n) is 8.20. The van der Waals surface area contributed by atoms with Crippen molar-refractivity contribution >= 4 is 74.8 Å². The van der Waals surface area contributed by atoms with Gasteiger partial charge < -0.3 is 9.47 Å². The van der Waals surface area contributed by atoms with Crippen molar-refractivity contribution in [3.8, 4) is 11.5 Å². The number of hydrazone groups is 1. The number of amides is 1. The maximum absolute atomic E-state index is 12.9. The van der Waals surface area contributed by atoms with Crippen molar-refractivity contribution in [1.82, 2.24) is 5.01 Å². The number of carbonyl (C=O) groups is 1. The van der Waals surface area contributed by atoms with Crippen molar-refractivity contribution in [3.63, 3.8) is 0 Å². The SMILES string of the molecule is CCOc1cc(/C=C2\C(=N)N3N=C(c4ccccc4Cl)SC3=NC2=O)ccc1OCCSc1ccc(Cl)cc1. The van der Waals surface area contributed by atoms with Gasteiger partial charge in [0.2, 0.25) is 5.17 Å². The Kier molecular flexibility index (Phi) is 8.62. The van der Waals surface area contributed by atoms with E-state index in [0.717, 1.165) is 16.2 Å². The van der Waals surface area contributed by atoms with E-state index in [-0.39, 0.29) is 11.4 Å². The van der Waals surface area contributed by atoms with Gasteiger partial charge in [-0.3, -0.25) is 10.2 Å².